The number of alkyl halides is 3. The van der Waals surface area contributed by atoms with Crippen LogP contribution in [-0.4, -0.2) is 18.4 Å². The van der Waals surface area contributed by atoms with Gasteiger partial charge in [-0.15, -0.1) is 0 Å². The second-order valence-electron chi connectivity index (χ2n) is 5.44. The van der Waals surface area contributed by atoms with Gasteiger partial charge in [-0.2, -0.15) is 13.2 Å². The second-order valence-corrected chi connectivity index (χ2v) is 5.88. The first kappa shape index (κ1) is 15.1. The minimum absolute atomic E-state index is 0.0599. The number of urea groups is 1. The summed E-state index contributed by atoms with van der Waals surface area (Å²) in [4.78, 5) is 15.0. The summed E-state index contributed by atoms with van der Waals surface area (Å²) in [6.07, 6.45) is 0.392. The Labute approximate surface area is 129 Å². The van der Waals surface area contributed by atoms with E-state index >= 15 is 0 Å². The molecule has 1 N–H and O–H groups in total. The Hall–Kier alpha value is -1.82. The molecule has 22 heavy (non-hydrogen) atoms. The van der Waals surface area contributed by atoms with Crippen molar-refractivity contribution in [1.82, 2.24) is 0 Å². The molecule has 1 aliphatic heterocycles. The number of allylic oxidation sites excluding steroid dienone is 2. The molecule has 7 heteroatoms. The summed E-state index contributed by atoms with van der Waals surface area (Å²) in [6.45, 7) is 0. The van der Waals surface area contributed by atoms with Crippen LogP contribution in [0, 0.1) is 5.92 Å². The van der Waals surface area contributed by atoms with Crippen LogP contribution in [0.2, 0.25) is 5.02 Å². The summed E-state index contributed by atoms with van der Waals surface area (Å²) in [5.74, 6) is 0.155. The smallest absolute Gasteiger partial charge is 0.306 e. The molecule has 2 aliphatic rings. The van der Waals surface area contributed by atoms with Crippen LogP contribution in [0.4, 0.5) is 23.7 Å². The third-order valence-corrected chi connectivity index (χ3v) is 4.01. The van der Waals surface area contributed by atoms with Crippen molar-refractivity contribution in [3.63, 3.8) is 0 Å². The Morgan fingerprint density at radius 2 is 2.09 bits per heavy atom. The van der Waals surface area contributed by atoms with Crippen LogP contribution >= 0.6 is 11.6 Å². The highest BCUT2D eigenvalue weighted by Gasteiger charge is 2.55. The number of benzene rings is 1. The van der Waals surface area contributed by atoms with E-state index in [1.54, 1.807) is 6.08 Å². The van der Waals surface area contributed by atoms with Gasteiger partial charge in [0.05, 0.1) is 0 Å². The monoisotopic (exact) mass is 328 g/mol. The number of carbonyl (C=O) groups excluding carboxylic acids is 1. The van der Waals surface area contributed by atoms with Gasteiger partial charge in [0.2, 0.25) is 0 Å². The lowest BCUT2D eigenvalue weighted by atomic mass is 9.79. The molecule has 1 aromatic rings. The SMILES string of the molecule is O=C1N=C[C@@](C=CC2CC2)(C(F)(F)F)c2cc(Cl)ccc2N1. The van der Waals surface area contributed by atoms with E-state index in [1.807, 2.05) is 0 Å². The molecule has 1 fully saturated rings. The molecule has 0 radical (unpaired) electrons. The van der Waals surface area contributed by atoms with Gasteiger partial charge >= 0.3 is 12.2 Å². The van der Waals surface area contributed by atoms with Crippen molar-refractivity contribution in [3.05, 3.63) is 40.9 Å². The fourth-order valence-corrected chi connectivity index (χ4v) is 2.55. The molecule has 2 amide bonds. The van der Waals surface area contributed by atoms with Crippen molar-refractivity contribution in [2.75, 3.05) is 5.32 Å². The Bertz CT molecular complexity index is 680. The van der Waals surface area contributed by atoms with Gasteiger partial charge in [0.1, 0.15) is 5.41 Å². The van der Waals surface area contributed by atoms with Gasteiger partial charge in [-0.25, -0.2) is 9.79 Å². The zero-order valence-electron chi connectivity index (χ0n) is 11.3. The zero-order valence-corrected chi connectivity index (χ0v) is 12.1. The van der Waals surface area contributed by atoms with E-state index in [4.69, 9.17) is 11.6 Å². The van der Waals surface area contributed by atoms with Crippen LogP contribution in [0.1, 0.15) is 18.4 Å². The number of carbonyl (C=O) groups is 1. The van der Waals surface area contributed by atoms with Gasteiger partial charge in [0.15, 0.2) is 0 Å². The Balaban J connectivity index is 2.24. The number of hydrogen-bond donors (Lipinski definition) is 1. The molecule has 1 heterocycles. The van der Waals surface area contributed by atoms with Crippen LogP contribution in [0.3, 0.4) is 0 Å². The van der Waals surface area contributed by atoms with Crippen molar-refractivity contribution in [2.24, 2.45) is 10.9 Å². The van der Waals surface area contributed by atoms with Crippen LogP contribution in [0.5, 0.6) is 0 Å². The maximum Gasteiger partial charge on any atom is 0.406 e. The van der Waals surface area contributed by atoms with Crippen LogP contribution in [0.15, 0.2) is 35.3 Å². The van der Waals surface area contributed by atoms with Gasteiger partial charge in [-0.3, -0.25) is 0 Å². The molecular weight excluding hydrogens is 317 g/mol. The van der Waals surface area contributed by atoms with E-state index in [0.29, 0.717) is 6.21 Å². The number of halogens is 4. The molecule has 1 aliphatic carbocycles. The van der Waals surface area contributed by atoms with Crippen LogP contribution in [0.25, 0.3) is 0 Å². The molecule has 0 aromatic heterocycles. The number of anilines is 1. The topological polar surface area (TPSA) is 41.5 Å². The number of fused-ring (bicyclic) bond motifs is 1. The minimum atomic E-state index is -4.65. The van der Waals surface area contributed by atoms with E-state index in [0.717, 1.165) is 18.9 Å². The first-order valence-corrected chi connectivity index (χ1v) is 7.12. The van der Waals surface area contributed by atoms with Crippen molar-refractivity contribution in [2.45, 2.75) is 24.4 Å². The second kappa shape index (κ2) is 5.12. The molecule has 0 unspecified atom stereocenters. The average molecular weight is 329 g/mol. The lowest BCUT2D eigenvalue weighted by Crippen LogP contribution is -2.42. The number of rotatable bonds is 2. The van der Waals surface area contributed by atoms with Crippen molar-refractivity contribution >= 4 is 29.5 Å². The number of aliphatic imine (C=N–C) groups is 1. The third-order valence-electron chi connectivity index (χ3n) is 3.78. The van der Waals surface area contributed by atoms with E-state index in [2.05, 4.69) is 10.3 Å². The quantitative estimate of drug-likeness (QED) is 0.784. The number of hydrogen-bond acceptors (Lipinski definition) is 1. The Morgan fingerprint density at radius 3 is 2.73 bits per heavy atom. The van der Waals surface area contributed by atoms with E-state index in [-0.39, 0.29) is 22.2 Å². The molecule has 1 aromatic carbocycles. The fraction of sp³-hybridized carbons (Fsp3) is 0.333. The van der Waals surface area contributed by atoms with Gasteiger partial charge in [0, 0.05) is 22.5 Å². The van der Waals surface area contributed by atoms with Crippen molar-refractivity contribution in [1.29, 1.82) is 0 Å². The molecule has 0 bridgehead atoms. The van der Waals surface area contributed by atoms with E-state index in [1.165, 1.54) is 18.2 Å². The van der Waals surface area contributed by atoms with Crippen LogP contribution < -0.4 is 5.32 Å². The molecule has 1 atom stereocenters. The predicted octanol–water partition coefficient (Wildman–Crippen LogP) is 4.72. The highest BCUT2D eigenvalue weighted by atomic mass is 35.5. The summed E-state index contributed by atoms with van der Waals surface area (Å²) in [5.41, 5.74) is -2.53. The highest BCUT2D eigenvalue weighted by Crippen LogP contribution is 2.46. The summed E-state index contributed by atoms with van der Waals surface area (Å²) in [5, 5.41) is 2.51. The Kier molecular flexibility index (Phi) is 3.51. The molecule has 1 saturated carbocycles. The maximum atomic E-state index is 13.9. The van der Waals surface area contributed by atoms with Gasteiger partial charge in [0.25, 0.3) is 0 Å². The summed E-state index contributed by atoms with van der Waals surface area (Å²) >= 11 is 5.87. The van der Waals surface area contributed by atoms with Crippen LogP contribution in [-0.2, 0) is 5.41 Å². The van der Waals surface area contributed by atoms with Gasteiger partial charge < -0.3 is 5.32 Å². The zero-order chi connectivity index (χ0) is 16.0. The molecule has 3 rings (SSSR count). The predicted molar refractivity (Wildman–Crippen MR) is 78.6 cm³/mol. The molecule has 0 saturated heterocycles. The number of nitrogens with one attached hydrogen (secondary N) is 1. The average Bonchev–Trinajstić information content (AvgIpc) is 3.24. The standard InChI is InChI=1S/C15H12ClF3N2O/c16-10-3-4-12-11(7-10)14(15(17,18)19,6-5-9-1-2-9)8-20-13(22)21-12/h3-9H,1-2H2,(H,21,22)/t14-/m1/s1. The number of nitrogens with zero attached hydrogens (tertiary/aromatic N) is 1. The normalized spacial score (nSPS) is 25.0. The van der Waals surface area contributed by atoms with E-state index < -0.39 is 17.6 Å². The lowest BCUT2D eigenvalue weighted by molar-refractivity contribution is -0.155. The minimum Gasteiger partial charge on any atom is -0.306 e. The fourth-order valence-electron chi connectivity index (χ4n) is 2.37. The van der Waals surface area contributed by atoms with Gasteiger partial charge in [-0.1, -0.05) is 23.8 Å². The molecular formula is C15H12ClF3N2O. The number of amides is 2. The largest absolute Gasteiger partial charge is 0.406 e. The third kappa shape index (κ3) is 2.63. The van der Waals surface area contributed by atoms with Crippen molar-refractivity contribution < 1.29 is 18.0 Å². The summed E-state index contributed by atoms with van der Waals surface area (Å²) in [6, 6.07) is 3.17. The molecule has 116 valence electrons. The maximum absolute atomic E-state index is 13.9. The van der Waals surface area contributed by atoms with Gasteiger partial charge in [-0.05, 0) is 37.0 Å². The highest BCUT2D eigenvalue weighted by molar-refractivity contribution is 6.30. The summed E-state index contributed by atoms with van der Waals surface area (Å²) in [7, 11) is 0. The lowest BCUT2D eigenvalue weighted by Gasteiger charge is -2.30. The molecule has 0 spiro atoms. The van der Waals surface area contributed by atoms with E-state index in [9.17, 15) is 18.0 Å². The Morgan fingerprint density at radius 1 is 1.36 bits per heavy atom. The molecule has 3 nitrogen and oxygen atoms in total. The first-order valence-electron chi connectivity index (χ1n) is 6.74. The van der Waals surface area contributed by atoms with Crippen molar-refractivity contribution in [3.8, 4) is 0 Å². The summed E-state index contributed by atoms with van der Waals surface area (Å²) < 4.78 is 41.6. The first-order chi connectivity index (χ1) is 10.3.